The van der Waals surface area contributed by atoms with E-state index in [0.717, 1.165) is 0 Å². The van der Waals surface area contributed by atoms with Gasteiger partial charge in [-0.25, -0.2) is 0 Å². The van der Waals surface area contributed by atoms with Crippen molar-refractivity contribution in [3.05, 3.63) is 138 Å². The Morgan fingerprint density at radius 3 is 0.811 bits per heavy atom. The number of hydrogen-bond donors (Lipinski definition) is 0. The number of benzene rings is 3. The van der Waals surface area contributed by atoms with Crippen LogP contribution in [0.1, 0.15) is 31.1 Å². The smallest absolute Gasteiger partial charge is 0.732 e. The molecule has 0 fully saturated rings. The molecule has 15 nitrogen and oxygen atoms in total. The summed E-state index contributed by atoms with van der Waals surface area (Å²) in [5.74, 6) is -2.86. The van der Waals surface area contributed by atoms with Gasteiger partial charge in [0.2, 0.25) is 0 Å². The fourth-order valence-electron chi connectivity index (χ4n) is 2.18. The number of carbonyl (C=O) groups is 3. The Hall–Kier alpha value is -4.72. The number of carbonyl (C=O) groups excluding carboxylic acids is 3. The van der Waals surface area contributed by atoms with Crippen LogP contribution in [0.5, 0.6) is 0 Å². The molecule has 16 heteroatoms. The maximum absolute atomic E-state index is 10.9. The van der Waals surface area contributed by atoms with Crippen LogP contribution in [-0.4, -0.2) is 33.2 Å². The molecule has 0 aromatic heterocycles. The largest absolute Gasteiger partial charge is 3.00 e. The van der Waals surface area contributed by atoms with Crippen molar-refractivity contribution in [2.75, 3.05) is 0 Å². The summed E-state index contributed by atoms with van der Waals surface area (Å²) in [7, 11) is 0. The predicted molar refractivity (Wildman–Crippen MR) is 125 cm³/mol. The van der Waals surface area contributed by atoms with Crippen molar-refractivity contribution < 1.29 is 31.7 Å². The molecule has 3 aromatic carbocycles. The van der Waals surface area contributed by atoms with Crippen molar-refractivity contribution in [3.8, 4) is 0 Å². The number of amides is 3. The van der Waals surface area contributed by atoms with Crippen molar-refractivity contribution in [1.29, 1.82) is 0 Å². The zero-order valence-electron chi connectivity index (χ0n) is 18.4. The molecule has 0 aliphatic carbocycles. The standard InChI is InChI=1S/3C7H5N2O3.Cr/c3*10-7(9(12)8-11)6-4-2-1-3-5-6;/h3*1-5H;/q3*-1;+3. The van der Waals surface area contributed by atoms with Crippen LogP contribution in [-0.2, 0) is 17.4 Å². The van der Waals surface area contributed by atoms with E-state index in [1.807, 2.05) is 15.9 Å². The van der Waals surface area contributed by atoms with E-state index in [0.29, 0.717) is 0 Å². The summed E-state index contributed by atoms with van der Waals surface area (Å²) in [6.45, 7) is 0. The van der Waals surface area contributed by atoms with E-state index >= 15 is 0 Å². The minimum Gasteiger partial charge on any atom is -0.732 e. The molecule has 3 rings (SSSR count). The average Bonchev–Trinajstić information content (AvgIpc) is 2.96. The van der Waals surface area contributed by atoms with Crippen molar-refractivity contribution in [2.24, 2.45) is 15.9 Å². The van der Waals surface area contributed by atoms with E-state index in [1.54, 1.807) is 54.6 Å². The molecule has 0 heterocycles. The van der Waals surface area contributed by atoms with Gasteiger partial charge in [-0.2, -0.15) is 0 Å². The molecule has 0 aliphatic heterocycles. The second kappa shape index (κ2) is 17.7. The van der Waals surface area contributed by atoms with Crippen molar-refractivity contribution in [3.63, 3.8) is 0 Å². The summed E-state index contributed by atoms with van der Waals surface area (Å²) >= 11 is 0. The van der Waals surface area contributed by atoms with Crippen LogP contribution in [0.2, 0.25) is 0 Å². The van der Waals surface area contributed by atoms with Gasteiger partial charge in [0.1, 0.15) is 0 Å². The molecule has 189 valence electrons. The van der Waals surface area contributed by atoms with E-state index < -0.39 is 33.2 Å². The molecule has 0 atom stereocenters. The Balaban J connectivity index is 0.000000518. The molecule has 0 saturated heterocycles. The van der Waals surface area contributed by atoms with Crippen LogP contribution in [0.4, 0.5) is 0 Å². The Bertz CT molecular complexity index is 1010. The molecular weight excluding hydrogens is 532 g/mol. The topological polar surface area (TPSA) is 218 Å². The van der Waals surface area contributed by atoms with Gasteiger partial charge in [-0.1, -0.05) is 54.6 Å². The van der Waals surface area contributed by atoms with Crippen molar-refractivity contribution in [2.45, 2.75) is 0 Å². The summed E-state index contributed by atoms with van der Waals surface area (Å²) < 4.78 is 0. The van der Waals surface area contributed by atoms with Crippen molar-refractivity contribution >= 4 is 17.7 Å². The molecule has 0 spiro atoms. The van der Waals surface area contributed by atoms with E-state index in [2.05, 4.69) is 0 Å². The average molecular weight is 547 g/mol. The Morgan fingerprint density at radius 1 is 0.459 bits per heavy atom. The van der Waals surface area contributed by atoms with Gasteiger partial charge in [0.25, 0.3) is 17.7 Å². The Labute approximate surface area is 219 Å². The number of hydrogen-bond acceptors (Lipinski definition) is 12. The fourth-order valence-corrected chi connectivity index (χ4v) is 2.18. The summed E-state index contributed by atoms with van der Waals surface area (Å²) in [5, 5.41) is 35.6. The van der Waals surface area contributed by atoms with Crippen LogP contribution < -0.4 is 0 Å². The normalized spacial score (nSPS) is 8.84. The van der Waals surface area contributed by atoms with E-state index in [-0.39, 0.29) is 34.1 Å². The maximum atomic E-state index is 10.9. The molecular formula is C21H15CrN6O9. The Kier molecular flexibility index (Phi) is 15.4. The van der Waals surface area contributed by atoms with E-state index in [4.69, 9.17) is 0 Å². The minimum atomic E-state index is -0.953. The molecule has 0 N–H and O–H groups in total. The van der Waals surface area contributed by atoms with Crippen molar-refractivity contribution in [1.82, 2.24) is 15.5 Å². The molecule has 3 amide bonds. The van der Waals surface area contributed by atoms with Gasteiger partial charge in [-0.05, 0) is 36.4 Å². The third kappa shape index (κ3) is 11.0. The third-order valence-electron chi connectivity index (χ3n) is 3.81. The van der Waals surface area contributed by atoms with Crippen LogP contribution in [0.15, 0.2) is 107 Å². The monoisotopic (exact) mass is 547 g/mol. The molecule has 0 unspecified atom stereocenters. The van der Waals surface area contributed by atoms with Gasteiger partial charge in [0.05, 0.1) is 0 Å². The quantitative estimate of drug-likeness (QED) is 0.322. The second-order valence-electron chi connectivity index (χ2n) is 6.08. The van der Waals surface area contributed by atoms with Gasteiger partial charge in [0.15, 0.2) is 0 Å². The SMILES string of the molecule is O=NN([O-])C(=O)c1ccccc1.O=NN([O-])C(=O)c1ccccc1.O=NN([O-])C(=O)c1ccccc1.[Cr+3]. The van der Waals surface area contributed by atoms with E-state index in [1.165, 1.54) is 36.4 Å². The summed E-state index contributed by atoms with van der Waals surface area (Å²) in [5.41, 5.74) is 0.436. The third-order valence-corrected chi connectivity index (χ3v) is 3.81. The summed E-state index contributed by atoms with van der Waals surface area (Å²) in [6, 6.07) is 23.2. The van der Waals surface area contributed by atoms with Crippen LogP contribution in [0.3, 0.4) is 0 Å². The zero-order valence-corrected chi connectivity index (χ0v) is 19.7. The van der Waals surface area contributed by atoms with Crippen LogP contribution in [0, 0.1) is 30.3 Å². The molecule has 0 bridgehead atoms. The molecule has 0 saturated carbocycles. The Morgan fingerprint density at radius 2 is 0.649 bits per heavy atom. The van der Waals surface area contributed by atoms with Crippen LogP contribution >= 0.6 is 0 Å². The van der Waals surface area contributed by atoms with Gasteiger partial charge >= 0.3 is 17.4 Å². The summed E-state index contributed by atoms with van der Waals surface area (Å²) in [4.78, 5) is 61.7. The summed E-state index contributed by atoms with van der Waals surface area (Å²) in [6.07, 6.45) is 0. The first kappa shape index (κ1) is 32.3. The van der Waals surface area contributed by atoms with E-state index in [9.17, 15) is 44.7 Å². The minimum absolute atomic E-state index is 0. The first-order valence-corrected chi connectivity index (χ1v) is 9.46. The first-order valence-electron chi connectivity index (χ1n) is 9.46. The molecule has 3 aromatic rings. The van der Waals surface area contributed by atoms with Gasteiger partial charge < -0.3 is 15.6 Å². The number of rotatable bonds is 6. The number of hydroxylamine groups is 3. The number of nitrogens with zero attached hydrogens (tertiary/aromatic N) is 6. The number of nitroso groups, excluding NO2 is 3. The second-order valence-corrected chi connectivity index (χ2v) is 6.08. The van der Waals surface area contributed by atoms with Gasteiger partial charge in [0, 0.05) is 32.5 Å². The maximum Gasteiger partial charge on any atom is 3.00 e. The first-order chi connectivity index (χ1) is 17.3. The predicted octanol–water partition coefficient (Wildman–Crippen LogP) is 3.92. The fraction of sp³-hybridized carbons (Fsp3) is 0. The molecule has 0 aliphatic rings. The van der Waals surface area contributed by atoms with Gasteiger partial charge in [-0.3, -0.25) is 29.9 Å². The molecule has 37 heavy (non-hydrogen) atoms. The van der Waals surface area contributed by atoms with Crippen LogP contribution in [0.25, 0.3) is 0 Å². The zero-order chi connectivity index (χ0) is 26.9. The molecule has 1 radical (unpaired) electrons. The van der Waals surface area contributed by atoms with Gasteiger partial charge in [-0.15, -0.1) is 14.7 Å².